The van der Waals surface area contributed by atoms with Gasteiger partial charge in [-0.05, 0) is 24.3 Å². The summed E-state index contributed by atoms with van der Waals surface area (Å²) in [6.45, 7) is 0.675. The number of nitrogens with zero attached hydrogens (tertiary/aromatic N) is 4. The Hall–Kier alpha value is -3.26. The first-order chi connectivity index (χ1) is 12.2. The quantitative estimate of drug-likeness (QED) is 0.724. The summed E-state index contributed by atoms with van der Waals surface area (Å²) < 4.78 is 7.00. The molecule has 8 heteroatoms. The van der Waals surface area contributed by atoms with Gasteiger partial charge in [-0.1, -0.05) is 0 Å². The molecule has 1 atom stereocenters. The summed E-state index contributed by atoms with van der Waals surface area (Å²) in [7, 11) is 0. The van der Waals surface area contributed by atoms with Crippen molar-refractivity contribution in [2.24, 2.45) is 5.73 Å². The Morgan fingerprint density at radius 1 is 1.28 bits per heavy atom. The number of aldehydes is 1. The minimum Gasteiger partial charge on any atom is -0.443 e. The molecule has 3 aromatic rings. The third kappa shape index (κ3) is 2.62. The lowest BCUT2D eigenvalue weighted by molar-refractivity contribution is 0.112. The number of hydrogen-bond acceptors (Lipinski definition) is 6. The number of ether oxygens (including phenoxy) is 1. The molecule has 0 aromatic carbocycles. The van der Waals surface area contributed by atoms with Gasteiger partial charge in [-0.2, -0.15) is 0 Å². The number of hydrogen-bond donors (Lipinski definition) is 1. The van der Waals surface area contributed by atoms with E-state index in [9.17, 15) is 9.59 Å². The number of pyridine rings is 2. The van der Waals surface area contributed by atoms with Crippen LogP contribution in [0.2, 0.25) is 0 Å². The van der Waals surface area contributed by atoms with Crippen LogP contribution in [-0.4, -0.2) is 46.1 Å². The average molecular weight is 337 g/mol. The number of anilines is 1. The van der Waals surface area contributed by atoms with Crippen molar-refractivity contribution in [1.82, 2.24) is 14.5 Å². The topological polar surface area (TPSA) is 103 Å². The summed E-state index contributed by atoms with van der Waals surface area (Å²) in [5, 5.41) is 0.864. The Balaban J connectivity index is 1.65. The van der Waals surface area contributed by atoms with Crippen LogP contribution in [0.3, 0.4) is 0 Å². The van der Waals surface area contributed by atoms with Gasteiger partial charge in [0.05, 0.1) is 18.4 Å². The van der Waals surface area contributed by atoms with Crippen molar-refractivity contribution in [3.63, 3.8) is 0 Å². The van der Waals surface area contributed by atoms with Gasteiger partial charge in [0.15, 0.2) is 6.29 Å². The van der Waals surface area contributed by atoms with Gasteiger partial charge in [0.1, 0.15) is 17.6 Å². The van der Waals surface area contributed by atoms with Crippen molar-refractivity contribution >= 4 is 29.2 Å². The normalized spacial score (nSPS) is 17.1. The number of nitrogens with two attached hydrogens (primary N) is 1. The molecule has 0 bridgehead atoms. The summed E-state index contributed by atoms with van der Waals surface area (Å²) in [4.78, 5) is 32.9. The van der Waals surface area contributed by atoms with E-state index < -0.39 is 6.09 Å². The average Bonchev–Trinajstić information content (AvgIpc) is 3.24. The molecule has 1 fully saturated rings. The second kappa shape index (κ2) is 5.99. The molecule has 4 rings (SSSR count). The Bertz CT molecular complexity index is 951. The number of aromatic nitrogens is 3. The second-order valence-electron chi connectivity index (χ2n) is 5.71. The van der Waals surface area contributed by atoms with Crippen LogP contribution >= 0.6 is 0 Å². The van der Waals surface area contributed by atoms with Crippen LogP contribution in [-0.2, 0) is 4.74 Å². The van der Waals surface area contributed by atoms with E-state index in [2.05, 4.69) is 9.97 Å². The van der Waals surface area contributed by atoms with Crippen LogP contribution in [0.4, 0.5) is 10.6 Å². The van der Waals surface area contributed by atoms with E-state index in [1.807, 2.05) is 22.9 Å². The van der Waals surface area contributed by atoms with Gasteiger partial charge in [-0.3, -0.25) is 14.3 Å². The molecule has 1 saturated heterocycles. The Kier molecular flexibility index (Phi) is 3.66. The Morgan fingerprint density at radius 3 is 2.84 bits per heavy atom. The summed E-state index contributed by atoms with van der Waals surface area (Å²) in [5.41, 5.74) is 7.60. The fourth-order valence-corrected chi connectivity index (χ4v) is 2.83. The van der Waals surface area contributed by atoms with Crippen molar-refractivity contribution in [3.8, 4) is 5.69 Å². The van der Waals surface area contributed by atoms with Gasteiger partial charge in [0.2, 0.25) is 0 Å². The van der Waals surface area contributed by atoms with Crippen molar-refractivity contribution < 1.29 is 14.3 Å². The fourth-order valence-electron chi connectivity index (χ4n) is 2.83. The number of carbonyl (C=O) groups excluding carboxylic acids is 2. The van der Waals surface area contributed by atoms with Crippen LogP contribution < -0.4 is 10.6 Å². The predicted octanol–water partition coefficient (Wildman–Crippen LogP) is 1.52. The number of rotatable bonds is 4. The van der Waals surface area contributed by atoms with E-state index >= 15 is 0 Å². The molecule has 8 nitrogen and oxygen atoms in total. The molecule has 1 aliphatic rings. The highest BCUT2D eigenvalue weighted by molar-refractivity contribution is 5.89. The first-order valence-electron chi connectivity index (χ1n) is 7.76. The van der Waals surface area contributed by atoms with Crippen molar-refractivity contribution in [2.45, 2.75) is 6.10 Å². The van der Waals surface area contributed by atoms with Crippen LogP contribution in [0.15, 0.2) is 42.9 Å². The lowest BCUT2D eigenvalue weighted by atomic mass is 10.2. The molecule has 1 amide bonds. The first kappa shape index (κ1) is 15.3. The standard InChI is InChI=1S/C17H15N5O3/c18-6-14-9-22(17(24)25-14)15-2-1-13(8-19-15)21-4-3-12-5-11(10-23)7-20-16(12)21/h1-5,7-8,10,14H,6,9,18H2. The third-order valence-corrected chi connectivity index (χ3v) is 4.11. The zero-order valence-electron chi connectivity index (χ0n) is 13.2. The van der Waals surface area contributed by atoms with Crippen LogP contribution in [0.1, 0.15) is 10.4 Å². The van der Waals surface area contributed by atoms with Gasteiger partial charge >= 0.3 is 6.09 Å². The van der Waals surface area contributed by atoms with Crippen molar-refractivity contribution in [3.05, 3.63) is 48.4 Å². The first-order valence-corrected chi connectivity index (χ1v) is 7.76. The van der Waals surface area contributed by atoms with E-state index in [-0.39, 0.29) is 12.6 Å². The highest BCUT2D eigenvalue weighted by atomic mass is 16.6. The van der Waals surface area contributed by atoms with Crippen LogP contribution in [0.25, 0.3) is 16.7 Å². The molecule has 1 aliphatic heterocycles. The molecule has 0 radical (unpaired) electrons. The zero-order chi connectivity index (χ0) is 17.4. The number of carbonyl (C=O) groups is 2. The highest BCUT2D eigenvalue weighted by Crippen LogP contribution is 2.23. The minimum absolute atomic E-state index is 0.282. The minimum atomic E-state index is -0.440. The van der Waals surface area contributed by atoms with E-state index in [0.29, 0.717) is 17.9 Å². The largest absolute Gasteiger partial charge is 0.443 e. The van der Waals surface area contributed by atoms with Gasteiger partial charge in [0, 0.05) is 29.9 Å². The summed E-state index contributed by atoms with van der Waals surface area (Å²) in [6.07, 6.45) is 5.07. The van der Waals surface area contributed by atoms with E-state index in [0.717, 1.165) is 23.0 Å². The van der Waals surface area contributed by atoms with Crippen molar-refractivity contribution in [1.29, 1.82) is 0 Å². The molecule has 4 heterocycles. The summed E-state index contributed by atoms with van der Waals surface area (Å²) in [6, 6.07) is 7.26. The van der Waals surface area contributed by atoms with E-state index in [1.54, 1.807) is 18.3 Å². The maximum Gasteiger partial charge on any atom is 0.415 e. The van der Waals surface area contributed by atoms with Gasteiger partial charge in [-0.25, -0.2) is 14.8 Å². The molecule has 0 aliphatic carbocycles. The molecular formula is C17H15N5O3. The van der Waals surface area contributed by atoms with Gasteiger partial charge < -0.3 is 10.5 Å². The third-order valence-electron chi connectivity index (χ3n) is 4.11. The molecule has 2 N–H and O–H groups in total. The molecule has 1 unspecified atom stereocenters. The Morgan fingerprint density at radius 2 is 2.16 bits per heavy atom. The molecular weight excluding hydrogens is 322 g/mol. The number of cyclic esters (lactones) is 1. The van der Waals surface area contributed by atoms with Crippen molar-refractivity contribution in [2.75, 3.05) is 18.0 Å². The van der Waals surface area contributed by atoms with E-state index in [1.165, 1.54) is 11.1 Å². The SMILES string of the molecule is NCC1CN(c2ccc(-n3ccc4cc(C=O)cnc43)cn2)C(=O)O1. The van der Waals surface area contributed by atoms with Crippen LogP contribution in [0, 0.1) is 0 Å². The smallest absolute Gasteiger partial charge is 0.415 e. The lowest BCUT2D eigenvalue weighted by Gasteiger charge is -2.12. The zero-order valence-corrected chi connectivity index (χ0v) is 13.2. The van der Waals surface area contributed by atoms with Gasteiger partial charge in [0.25, 0.3) is 0 Å². The second-order valence-corrected chi connectivity index (χ2v) is 5.71. The highest BCUT2D eigenvalue weighted by Gasteiger charge is 2.32. The van der Waals surface area contributed by atoms with Gasteiger partial charge in [-0.15, -0.1) is 0 Å². The predicted molar refractivity (Wildman–Crippen MR) is 90.9 cm³/mol. The monoisotopic (exact) mass is 337 g/mol. The maximum atomic E-state index is 11.9. The number of fused-ring (bicyclic) bond motifs is 1. The van der Waals surface area contributed by atoms with Crippen LogP contribution in [0.5, 0.6) is 0 Å². The molecule has 25 heavy (non-hydrogen) atoms. The molecule has 0 saturated carbocycles. The lowest BCUT2D eigenvalue weighted by Crippen LogP contribution is -2.28. The maximum absolute atomic E-state index is 11.9. The summed E-state index contributed by atoms with van der Waals surface area (Å²) >= 11 is 0. The van der Waals surface area contributed by atoms with E-state index in [4.69, 9.17) is 10.5 Å². The summed E-state index contributed by atoms with van der Waals surface area (Å²) in [5.74, 6) is 0.511. The Labute approximate surface area is 142 Å². The molecule has 0 spiro atoms. The fraction of sp³-hybridized carbons (Fsp3) is 0.176. The molecule has 3 aromatic heterocycles. The number of amides is 1. The molecule has 126 valence electrons.